The van der Waals surface area contributed by atoms with Gasteiger partial charge in [0.15, 0.2) is 0 Å². The second-order valence-electron chi connectivity index (χ2n) is 5.89. The maximum atomic E-state index is 11.9. The van der Waals surface area contributed by atoms with Gasteiger partial charge in [0.1, 0.15) is 0 Å². The van der Waals surface area contributed by atoms with Crippen molar-refractivity contribution in [1.82, 2.24) is 10.2 Å². The van der Waals surface area contributed by atoms with E-state index in [-0.39, 0.29) is 11.4 Å². The first-order valence-corrected chi connectivity index (χ1v) is 6.45. The number of likely N-dealkylation sites (tertiary alicyclic amines) is 1. The number of carbonyl (C=O) groups excluding carboxylic acids is 1. The van der Waals surface area contributed by atoms with Gasteiger partial charge in [0.05, 0.1) is 6.54 Å². The fraction of sp³-hybridized carbons (Fsp3) is 0.923. The molecule has 0 bridgehead atoms. The number of hydrogen-bond acceptors (Lipinski definition) is 2. The fourth-order valence-corrected chi connectivity index (χ4v) is 2.16. The van der Waals surface area contributed by atoms with Crippen LogP contribution in [0, 0.1) is 5.92 Å². The highest BCUT2D eigenvalue weighted by Crippen LogP contribution is 2.20. The number of nitrogens with one attached hydrogen (secondary N) is 1. The molecule has 16 heavy (non-hydrogen) atoms. The zero-order valence-corrected chi connectivity index (χ0v) is 11.2. The van der Waals surface area contributed by atoms with Gasteiger partial charge in [-0.15, -0.1) is 0 Å². The molecule has 0 aromatic heterocycles. The molecule has 1 unspecified atom stereocenters. The van der Waals surface area contributed by atoms with Crippen LogP contribution in [0.25, 0.3) is 0 Å². The van der Waals surface area contributed by atoms with Gasteiger partial charge < -0.3 is 10.2 Å². The maximum absolute atomic E-state index is 11.9. The van der Waals surface area contributed by atoms with E-state index in [2.05, 4.69) is 33.0 Å². The molecule has 0 aliphatic carbocycles. The van der Waals surface area contributed by atoms with E-state index in [9.17, 15) is 4.79 Å². The predicted molar refractivity (Wildman–Crippen MR) is 67.4 cm³/mol. The van der Waals surface area contributed by atoms with Crippen molar-refractivity contribution in [2.75, 3.05) is 19.6 Å². The van der Waals surface area contributed by atoms with Gasteiger partial charge >= 0.3 is 0 Å². The van der Waals surface area contributed by atoms with E-state index in [1.165, 1.54) is 19.3 Å². The lowest BCUT2D eigenvalue weighted by Crippen LogP contribution is -2.44. The summed E-state index contributed by atoms with van der Waals surface area (Å²) in [6, 6.07) is 0. The lowest BCUT2D eigenvalue weighted by molar-refractivity contribution is -0.129. The summed E-state index contributed by atoms with van der Waals surface area (Å²) in [7, 11) is 0. The molecule has 1 heterocycles. The predicted octanol–water partition coefficient (Wildman–Crippen LogP) is 2.02. The molecule has 0 saturated carbocycles. The minimum absolute atomic E-state index is 0.0260. The molecule has 1 aliphatic rings. The monoisotopic (exact) mass is 226 g/mol. The normalized spacial score (nSPS) is 21.5. The Morgan fingerprint density at radius 2 is 2.12 bits per heavy atom. The Morgan fingerprint density at radius 1 is 1.44 bits per heavy atom. The van der Waals surface area contributed by atoms with E-state index in [1.54, 1.807) is 0 Å². The highest BCUT2D eigenvalue weighted by molar-refractivity contribution is 5.78. The second kappa shape index (κ2) is 5.67. The van der Waals surface area contributed by atoms with Crippen LogP contribution in [0.15, 0.2) is 0 Å². The number of carbonyl (C=O) groups is 1. The van der Waals surface area contributed by atoms with Crippen molar-refractivity contribution in [3.63, 3.8) is 0 Å². The summed E-state index contributed by atoms with van der Waals surface area (Å²) in [4.78, 5) is 13.9. The summed E-state index contributed by atoms with van der Waals surface area (Å²) < 4.78 is 0. The van der Waals surface area contributed by atoms with Gasteiger partial charge in [-0.2, -0.15) is 0 Å². The number of amides is 1. The van der Waals surface area contributed by atoms with Crippen LogP contribution in [-0.4, -0.2) is 36.0 Å². The van der Waals surface area contributed by atoms with Gasteiger partial charge in [0, 0.05) is 18.6 Å². The Bertz CT molecular complexity index is 233. The quantitative estimate of drug-likeness (QED) is 0.795. The van der Waals surface area contributed by atoms with E-state index in [0.717, 1.165) is 19.0 Å². The van der Waals surface area contributed by atoms with Crippen molar-refractivity contribution in [2.45, 2.75) is 52.5 Å². The van der Waals surface area contributed by atoms with Gasteiger partial charge in [-0.1, -0.05) is 13.3 Å². The molecule has 1 rings (SSSR count). The first-order valence-electron chi connectivity index (χ1n) is 6.45. The molecular weight excluding hydrogens is 200 g/mol. The van der Waals surface area contributed by atoms with Gasteiger partial charge in [-0.05, 0) is 39.5 Å². The number of hydrogen-bond donors (Lipinski definition) is 1. The molecule has 1 aliphatic heterocycles. The van der Waals surface area contributed by atoms with Crippen molar-refractivity contribution in [2.24, 2.45) is 5.92 Å². The molecule has 0 radical (unpaired) electrons. The highest BCUT2D eigenvalue weighted by atomic mass is 16.2. The third-order valence-electron chi connectivity index (χ3n) is 3.11. The molecule has 94 valence electrons. The highest BCUT2D eigenvalue weighted by Gasteiger charge is 2.25. The molecule has 1 amide bonds. The zero-order chi connectivity index (χ0) is 12.2. The molecule has 0 spiro atoms. The van der Waals surface area contributed by atoms with Crippen LogP contribution in [-0.2, 0) is 4.79 Å². The second-order valence-corrected chi connectivity index (χ2v) is 5.89. The minimum atomic E-state index is 0.0260. The Kier molecular flexibility index (Phi) is 4.78. The SMILES string of the molecule is CCCC1CCN(C(=O)CNC(C)(C)C)C1. The van der Waals surface area contributed by atoms with Crippen molar-refractivity contribution in [3.8, 4) is 0 Å². The Morgan fingerprint density at radius 3 is 2.69 bits per heavy atom. The van der Waals surface area contributed by atoms with Crippen LogP contribution in [0.3, 0.4) is 0 Å². The van der Waals surface area contributed by atoms with Crippen LogP contribution in [0.4, 0.5) is 0 Å². The number of nitrogens with zero attached hydrogens (tertiary/aromatic N) is 1. The zero-order valence-electron chi connectivity index (χ0n) is 11.2. The fourth-order valence-electron chi connectivity index (χ4n) is 2.16. The summed E-state index contributed by atoms with van der Waals surface area (Å²) >= 11 is 0. The third-order valence-corrected chi connectivity index (χ3v) is 3.11. The molecule has 1 N–H and O–H groups in total. The summed E-state index contributed by atoms with van der Waals surface area (Å²) in [5, 5.41) is 3.25. The lowest BCUT2D eigenvalue weighted by atomic mass is 10.0. The van der Waals surface area contributed by atoms with Crippen molar-refractivity contribution < 1.29 is 4.79 Å². The van der Waals surface area contributed by atoms with Crippen molar-refractivity contribution in [1.29, 1.82) is 0 Å². The average Bonchev–Trinajstić information content (AvgIpc) is 2.62. The molecular formula is C13H26N2O. The van der Waals surface area contributed by atoms with Crippen LogP contribution < -0.4 is 5.32 Å². The largest absolute Gasteiger partial charge is 0.341 e. The van der Waals surface area contributed by atoms with Gasteiger partial charge in [0.25, 0.3) is 0 Å². The molecule has 1 atom stereocenters. The van der Waals surface area contributed by atoms with E-state index >= 15 is 0 Å². The van der Waals surface area contributed by atoms with E-state index < -0.39 is 0 Å². The summed E-state index contributed by atoms with van der Waals surface area (Å²) in [5.41, 5.74) is 0.0260. The van der Waals surface area contributed by atoms with Gasteiger partial charge in [-0.25, -0.2) is 0 Å². The van der Waals surface area contributed by atoms with Gasteiger partial charge in [-0.3, -0.25) is 4.79 Å². The standard InChI is InChI=1S/C13H26N2O/c1-5-6-11-7-8-15(10-11)12(16)9-14-13(2,3)4/h11,14H,5-10H2,1-4H3. The van der Waals surface area contributed by atoms with Crippen LogP contribution >= 0.6 is 0 Å². The smallest absolute Gasteiger partial charge is 0.236 e. The molecule has 3 nitrogen and oxygen atoms in total. The first-order chi connectivity index (χ1) is 7.42. The molecule has 1 saturated heterocycles. The molecule has 0 aromatic carbocycles. The molecule has 3 heteroatoms. The summed E-state index contributed by atoms with van der Waals surface area (Å²) in [5.74, 6) is 0.997. The van der Waals surface area contributed by atoms with E-state index in [1.807, 2.05) is 4.90 Å². The van der Waals surface area contributed by atoms with Crippen LogP contribution in [0.1, 0.15) is 47.0 Å². The molecule has 0 aromatic rings. The van der Waals surface area contributed by atoms with E-state index in [0.29, 0.717) is 6.54 Å². The Hall–Kier alpha value is -0.570. The lowest BCUT2D eigenvalue weighted by Gasteiger charge is -2.23. The third kappa shape index (κ3) is 4.52. The average molecular weight is 226 g/mol. The summed E-state index contributed by atoms with van der Waals surface area (Å²) in [6.07, 6.45) is 3.68. The van der Waals surface area contributed by atoms with Gasteiger partial charge in [0.2, 0.25) is 5.91 Å². The topological polar surface area (TPSA) is 32.3 Å². The Balaban J connectivity index is 2.28. The van der Waals surface area contributed by atoms with Crippen LogP contribution in [0.5, 0.6) is 0 Å². The number of rotatable bonds is 4. The van der Waals surface area contributed by atoms with Crippen molar-refractivity contribution in [3.05, 3.63) is 0 Å². The van der Waals surface area contributed by atoms with Crippen LogP contribution in [0.2, 0.25) is 0 Å². The summed E-state index contributed by atoms with van der Waals surface area (Å²) in [6.45, 7) is 10.9. The first kappa shape index (κ1) is 13.5. The Labute approximate surface area is 99.6 Å². The van der Waals surface area contributed by atoms with Crippen molar-refractivity contribution >= 4 is 5.91 Å². The maximum Gasteiger partial charge on any atom is 0.236 e. The van der Waals surface area contributed by atoms with E-state index in [4.69, 9.17) is 0 Å². The minimum Gasteiger partial charge on any atom is -0.341 e. The molecule has 1 fully saturated rings.